The second-order valence-electron chi connectivity index (χ2n) is 3.34. The molecule has 1 heterocycles. The highest BCUT2D eigenvalue weighted by atomic mass is 32.1. The van der Waals surface area contributed by atoms with Crippen molar-refractivity contribution in [2.75, 3.05) is 0 Å². The molecule has 5 nitrogen and oxygen atoms in total. The van der Waals surface area contributed by atoms with Gasteiger partial charge in [-0.2, -0.15) is 0 Å². The predicted octanol–water partition coefficient (Wildman–Crippen LogP) is 2.03. The van der Waals surface area contributed by atoms with E-state index in [4.69, 9.17) is 0 Å². The normalized spacial score (nSPS) is 10.2. The van der Waals surface area contributed by atoms with Gasteiger partial charge in [-0.05, 0) is 18.2 Å². The molecule has 0 fully saturated rings. The fourth-order valence-corrected chi connectivity index (χ4v) is 1.75. The van der Waals surface area contributed by atoms with Crippen LogP contribution in [0.3, 0.4) is 0 Å². The van der Waals surface area contributed by atoms with Crippen LogP contribution in [0.15, 0.2) is 52.3 Å². The topological polar surface area (TPSA) is 65.1 Å². The van der Waals surface area contributed by atoms with Gasteiger partial charge in [0.15, 0.2) is 0 Å². The molecule has 2 rings (SSSR count). The smallest absolute Gasteiger partial charge is 0.282 e. The molecular weight excluding hydrogens is 240 g/mol. The third kappa shape index (κ3) is 2.21. The lowest BCUT2D eigenvalue weighted by Gasteiger charge is -2.05. The van der Waals surface area contributed by atoms with E-state index in [0.29, 0.717) is 5.69 Å². The molecule has 6 heteroatoms. The van der Waals surface area contributed by atoms with Gasteiger partial charge in [0.1, 0.15) is 0 Å². The standard InChI is InChI=1S/C11H8N2O3S/c14-11-3-1-2-6-12(11)8-4-5-9(13(15)16)10(17)7-8/h1-7,17H. The van der Waals surface area contributed by atoms with Crippen molar-refractivity contribution in [3.05, 3.63) is 63.1 Å². The van der Waals surface area contributed by atoms with E-state index >= 15 is 0 Å². The molecule has 0 spiro atoms. The Hall–Kier alpha value is -2.08. The molecule has 1 aromatic heterocycles. The van der Waals surface area contributed by atoms with Gasteiger partial charge in [0.2, 0.25) is 0 Å². The predicted molar refractivity (Wildman–Crippen MR) is 65.9 cm³/mol. The lowest BCUT2D eigenvalue weighted by atomic mass is 10.2. The third-order valence-electron chi connectivity index (χ3n) is 2.26. The SMILES string of the molecule is O=c1ccccn1-c1ccc([N+](=O)[O-])c(S)c1. The first-order valence-corrected chi connectivity index (χ1v) is 5.20. The van der Waals surface area contributed by atoms with Gasteiger partial charge < -0.3 is 0 Å². The van der Waals surface area contributed by atoms with Gasteiger partial charge in [-0.25, -0.2) is 0 Å². The lowest BCUT2D eigenvalue weighted by molar-refractivity contribution is -0.387. The molecule has 0 saturated carbocycles. The summed E-state index contributed by atoms with van der Waals surface area (Å²) in [6, 6.07) is 9.09. The molecule has 2 aromatic rings. The van der Waals surface area contributed by atoms with Crippen LogP contribution < -0.4 is 5.56 Å². The minimum Gasteiger partial charge on any atom is -0.284 e. The Kier molecular flexibility index (Phi) is 2.97. The number of nitro benzene ring substituents is 1. The van der Waals surface area contributed by atoms with Crippen molar-refractivity contribution < 1.29 is 4.92 Å². The first-order chi connectivity index (χ1) is 8.09. The maximum absolute atomic E-state index is 11.6. The molecule has 1 aromatic carbocycles. The van der Waals surface area contributed by atoms with Gasteiger partial charge in [0.05, 0.1) is 15.5 Å². The number of benzene rings is 1. The first-order valence-electron chi connectivity index (χ1n) is 4.75. The summed E-state index contributed by atoms with van der Waals surface area (Å²) in [5.74, 6) is 0. The number of hydrogen-bond acceptors (Lipinski definition) is 4. The van der Waals surface area contributed by atoms with Crippen molar-refractivity contribution in [2.45, 2.75) is 4.90 Å². The molecule has 0 amide bonds. The van der Waals surface area contributed by atoms with Crippen LogP contribution in [0, 0.1) is 10.1 Å². The van der Waals surface area contributed by atoms with Crippen molar-refractivity contribution in [1.29, 1.82) is 0 Å². The third-order valence-corrected chi connectivity index (χ3v) is 2.61. The van der Waals surface area contributed by atoms with Crippen LogP contribution in [0.2, 0.25) is 0 Å². The number of nitro groups is 1. The number of hydrogen-bond donors (Lipinski definition) is 1. The zero-order valence-electron chi connectivity index (χ0n) is 8.61. The summed E-state index contributed by atoms with van der Waals surface area (Å²) in [6.07, 6.45) is 1.59. The zero-order valence-corrected chi connectivity index (χ0v) is 9.50. The van der Waals surface area contributed by atoms with Crippen LogP contribution in [0.1, 0.15) is 0 Å². The van der Waals surface area contributed by atoms with Crippen molar-refractivity contribution >= 4 is 18.3 Å². The maximum Gasteiger partial charge on any atom is 0.282 e. The van der Waals surface area contributed by atoms with E-state index in [-0.39, 0.29) is 16.1 Å². The number of thiol groups is 1. The van der Waals surface area contributed by atoms with Gasteiger partial charge in [0, 0.05) is 18.3 Å². The molecule has 0 aliphatic heterocycles. The maximum atomic E-state index is 11.6. The Balaban J connectivity index is 2.56. The molecule has 86 valence electrons. The van der Waals surface area contributed by atoms with Crippen molar-refractivity contribution in [2.24, 2.45) is 0 Å². The minimum absolute atomic E-state index is 0.0823. The van der Waals surface area contributed by atoms with Crippen molar-refractivity contribution in [3.63, 3.8) is 0 Å². The summed E-state index contributed by atoms with van der Waals surface area (Å²) in [5, 5.41) is 10.6. The Morgan fingerprint density at radius 1 is 1.24 bits per heavy atom. The van der Waals surface area contributed by atoms with E-state index in [1.165, 1.54) is 28.8 Å². The van der Waals surface area contributed by atoms with Crippen molar-refractivity contribution in [3.8, 4) is 5.69 Å². The highest BCUT2D eigenvalue weighted by Gasteiger charge is 2.11. The molecule has 0 N–H and O–H groups in total. The number of rotatable bonds is 2. The van der Waals surface area contributed by atoms with E-state index in [1.54, 1.807) is 18.3 Å². The molecular formula is C11H8N2O3S. The van der Waals surface area contributed by atoms with Gasteiger partial charge in [0.25, 0.3) is 11.2 Å². The van der Waals surface area contributed by atoms with Crippen LogP contribution in [0.5, 0.6) is 0 Å². The Bertz CT molecular complexity index is 637. The van der Waals surface area contributed by atoms with E-state index in [9.17, 15) is 14.9 Å². The van der Waals surface area contributed by atoms with E-state index in [1.807, 2.05) is 0 Å². The Morgan fingerprint density at radius 3 is 2.59 bits per heavy atom. The average molecular weight is 248 g/mol. The van der Waals surface area contributed by atoms with E-state index in [2.05, 4.69) is 12.6 Å². The highest BCUT2D eigenvalue weighted by Crippen LogP contribution is 2.24. The zero-order chi connectivity index (χ0) is 12.4. The van der Waals surface area contributed by atoms with Crippen LogP contribution in [0.25, 0.3) is 5.69 Å². The molecule has 0 saturated heterocycles. The summed E-state index contributed by atoms with van der Waals surface area (Å²) in [4.78, 5) is 21.9. The number of aromatic nitrogens is 1. The molecule has 0 unspecified atom stereocenters. The highest BCUT2D eigenvalue weighted by molar-refractivity contribution is 7.80. The fraction of sp³-hybridized carbons (Fsp3) is 0. The molecule has 0 aliphatic carbocycles. The summed E-state index contributed by atoms with van der Waals surface area (Å²) in [6.45, 7) is 0. The van der Waals surface area contributed by atoms with Crippen LogP contribution in [-0.4, -0.2) is 9.49 Å². The second-order valence-corrected chi connectivity index (χ2v) is 3.82. The van der Waals surface area contributed by atoms with Gasteiger partial charge in [-0.15, -0.1) is 12.6 Å². The Labute approximate surface area is 102 Å². The molecule has 0 bridgehead atoms. The molecule has 17 heavy (non-hydrogen) atoms. The van der Waals surface area contributed by atoms with Gasteiger partial charge >= 0.3 is 0 Å². The van der Waals surface area contributed by atoms with Gasteiger partial charge in [-0.3, -0.25) is 19.5 Å². The summed E-state index contributed by atoms with van der Waals surface area (Å²) >= 11 is 4.03. The number of pyridine rings is 1. The molecule has 0 radical (unpaired) electrons. The van der Waals surface area contributed by atoms with Crippen LogP contribution in [0.4, 0.5) is 5.69 Å². The lowest BCUT2D eigenvalue weighted by Crippen LogP contribution is -2.15. The fourth-order valence-electron chi connectivity index (χ4n) is 1.46. The van der Waals surface area contributed by atoms with Crippen LogP contribution in [-0.2, 0) is 0 Å². The largest absolute Gasteiger partial charge is 0.284 e. The van der Waals surface area contributed by atoms with Gasteiger partial charge in [-0.1, -0.05) is 6.07 Å². The van der Waals surface area contributed by atoms with Crippen molar-refractivity contribution in [1.82, 2.24) is 4.57 Å². The first kappa shape index (κ1) is 11.4. The van der Waals surface area contributed by atoms with Crippen LogP contribution >= 0.6 is 12.6 Å². The minimum atomic E-state index is -0.514. The average Bonchev–Trinajstić information content (AvgIpc) is 2.29. The summed E-state index contributed by atoms with van der Waals surface area (Å²) in [5.41, 5.74) is 0.265. The monoisotopic (exact) mass is 248 g/mol. The molecule has 0 atom stereocenters. The quantitative estimate of drug-likeness (QED) is 0.502. The van der Waals surface area contributed by atoms with E-state index in [0.717, 1.165) is 0 Å². The molecule has 0 aliphatic rings. The number of nitrogens with zero attached hydrogens (tertiary/aromatic N) is 2. The summed E-state index contributed by atoms with van der Waals surface area (Å²) < 4.78 is 1.39. The van der Waals surface area contributed by atoms with E-state index < -0.39 is 4.92 Å². The summed E-state index contributed by atoms with van der Waals surface area (Å²) in [7, 11) is 0. The Morgan fingerprint density at radius 2 is 2.00 bits per heavy atom. The second kappa shape index (κ2) is 4.42.